The first kappa shape index (κ1) is 15.8. The predicted octanol–water partition coefficient (Wildman–Crippen LogP) is -1.28. The Balaban J connectivity index is 0. The molecule has 0 radical (unpaired) electrons. The summed E-state index contributed by atoms with van der Waals surface area (Å²) in [7, 11) is 0. The van der Waals surface area contributed by atoms with Crippen molar-refractivity contribution in [1.82, 2.24) is 5.32 Å². The van der Waals surface area contributed by atoms with Crippen LogP contribution in [-0.2, 0) is 19.1 Å². The number of hydrogen-bond donors (Lipinski definition) is 3. The largest absolute Gasteiger partial charge is 0.480 e. The summed E-state index contributed by atoms with van der Waals surface area (Å²) in [5.74, 6) is -1.70. The van der Waals surface area contributed by atoms with Crippen LogP contribution < -0.4 is 11.1 Å². The topological polar surface area (TPSA) is 119 Å². The van der Waals surface area contributed by atoms with E-state index in [2.05, 4.69) is 10.1 Å². The van der Waals surface area contributed by atoms with Crippen molar-refractivity contribution in [3.8, 4) is 0 Å². The number of nitrogens with two attached hydrogens (primary N) is 1. The molecule has 0 heterocycles. The van der Waals surface area contributed by atoms with E-state index in [9.17, 15) is 14.4 Å². The number of carbonyl (C=O) groups excluding carboxylic acids is 2. The molecule has 0 bridgehead atoms. The molecule has 0 aliphatic heterocycles. The van der Waals surface area contributed by atoms with E-state index in [1.165, 1.54) is 6.92 Å². The minimum atomic E-state index is -1.03. The van der Waals surface area contributed by atoms with Crippen molar-refractivity contribution in [2.45, 2.75) is 13.8 Å². The molecule has 0 saturated heterocycles. The van der Waals surface area contributed by atoms with Gasteiger partial charge >= 0.3 is 11.9 Å². The SMILES string of the molecule is CC(=O)NCC(=O)O.CCOC(=O)CN. The third kappa shape index (κ3) is 19.0. The molecule has 15 heavy (non-hydrogen) atoms. The number of hydrogen-bond acceptors (Lipinski definition) is 5. The monoisotopic (exact) mass is 220 g/mol. The maximum Gasteiger partial charge on any atom is 0.322 e. The Hall–Kier alpha value is -1.63. The number of amides is 1. The van der Waals surface area contributed by atoms with Gasteiger partial charge in [-0.25, -0.2) is 0 Å². The highest BCUT2D eigenvalue weighted by Crippen LogP contribution is 1.69. The van der Waals surface area contributed by atoms with Crippen LogP contribution in [0.5, 0.6) is 0 Å². The second-order valence-corrected chi connectivity index (χ2v) is 2.31. The summed E-state index contributed by atoms with van der Waals surface area (Å²) < 4.78 is 4.43. The van der Waals surface area contributed by atoms with E-state index in [1.54, 1.807) is 6.92 Å². The molecule has 0 aromatic heterocycles. The van der Waals surface area contributed by atoms with Gasteiger partial charge in [0.05, 0.1) is 13.2 Å². The van der Waals surface area contributed by atoms with Gasteiger partial charge in [0, 0.05) is 6.92 Å². The van der Waals surface area contributed by atoms with Gasteiger partial charge in [0.15, 0.2) is 0 Å². The molecule has 0 saturated carbocycles. The summed E-state index contributed by atoms with van der Waals surface area (Å²) >= 11 is 0. The fourth-order valence-electron chi connectivity index (χ4n) is 0.420. The molecule has 88 valence electrons. The number of carboxylic acid groups (broad SMARTS) is 1. The molecule has 0 atom stereocenters. The summed E-state index contributed by atoms with van der Waals surface area (Å²) in [6, 6.07) is 0. The number of esters is 1. The highest BCUT2D eigenvalue weighted by atomic mass is 16.5. The first-order valence-electron chi connectivity index (χ1n) is 4.25. The molecule has 0 aromatic rings. The van der Waals surface area contributed by atoms with Crippen LogP contribution in [-0.4, -0.2) is 42.6 Å². The molecule has 0 unspecified atom stereocenters. The highest BCUT2D eigenvalue weighted by molar-refractivity contribution is 5.79. The fourth-order valence-corrected chi connectivity index (χ4v) is 0.420. The summed E-state index contributed by atoms with van der Waals surface area (Å²) in [6.45, 7) is 3.11. The van der Waals surface area contributed by atoms with Crippen LogP contribution in [0.1, 0.15) is 13.8 Å². The number of nitrogens with one attached hydrogen (secondary N) is 1. The van der Waals surface area contributed by atoms with Gasteiger partial charge in [0.2, 0.25) is 5.91 Å². The smallest absolute Gasteiger partial charge is 0.322 e. The molecule has 0 aliphatic rings. The first-order chi connectivity index (χ1) is 6.93. The summed E-state index contributed by atoms with van der Waals surface area (Å²) in [5.41, 5.74) is 4.88. The summed E-state index contributed by atoms with van der Waals surface area (Å²) in [6.07, 6.45) is 0. The minimum Gasteiger partial charge on any atom is -0.480 e. The van der Waals surface area contributed by atoms with E-state index >= 15 is 0 Å². The van der Waals surface area contributed by atoms with E-state index in [-0.39, 0.29) is 25.0 Å². The van der Waals surface area contributed by atoms with Crippen molar-refractivity contribution in [3.05, 3.63) is 0 Å². The second kappa shape index (κ2) is 10.5. The van der Waals surface area contributed by atoms with Gasteiger partial charge in [-0.3, -0.25) is 14.4 Å². The maximum atomic E-state index is 10.1. The number of rotatable bonds is 4. The highest BCUT2D eigenvalue weighted by Gasteiger charge is 1.94. The number of aliphatic carboxylic acids is 1. The molecule has 1 amide bonds. The molecule has 0 aromatic carbocycles. The Morgan fingerprint density at radius 1 is 1.40 bits per heavy atom. The Morgan fingerprint density at radius 2 is 1.93 bits per heavy atom. The van der Waals surface area contributed by atoms with Crippen molar-refractivity contribution in [2.75, 3.05) is 19.7 Å². The lowest BCUT2D eigenvalue weighted by molar-refractivity contribution is -0.141. The molecular weight excluding hydrogens is 204 g/mol. The van der Waals surface area contributed by atoms with E-state index in [1.807, 2.05) is 0 Å². The van der Waals surface area contributed by atoms with Gasteiger partial charge in [-0.05, 0) is 6.92 Å². The van der Waals surface area contributed by atoms with E-state index in [4.69, 9.17) is 10.8 Å². The maximum absolute atomic E-state index is 10.1. The van der Waals surface area contributed by atoms with Crippen molar-refractivity contribution in [1.29, 1.82) is 0 Å². The zero-order chi connectivity index (χ0) is 12.3. The molecule has 7 nitrogen and oxygen atoms in total. The normalized spacial score (nSPS) is 8.20. The van der Waals surface area contributed by atoms with Crippen molar-refractivity contribution in [3.63, 3.8) is 0 Å². The average Bonchev–Trinajstić information content (AvgIpc) is 2.16. The molecule has 7 heteroatoms. The third-order valence-corrected chi connectivity index (χ3v) is 0.961. The van der Waals surface area contributed by atoms with Gasteiger partial charge in [0.1, 0.15) is 6.54 Å². The van der Waals surface area contributed by atoms with Crippen LogP contribution in [0.2, 0.25) is 0 Å². The average molecular weight is 220 g/mol. The van der Waals surface area contributed by atoms with Crippen LogP contribution in [0.4, 0.5) is 0 Å². The Labute approximate surface area is 87.6 Å². The molecular formula is C8H16N2O5. The zero-order valence-corrected chi connectivity index (χ0v) is 8.78. The predicted molar refractivity (Wildman–Crippen MR) is 52.0 cm³/mol. The third-order valence-electron chi connectivity index (χ3n) is 0.961. The summed E-state index contributed by atoms with van der Waals surface area (Å²) in [5, 5.41) is 10.1. The molecule has 0 rings (SSSR count). The van der Waals surface area contributed by atoms with Crippen molar-refractivity contribution >= 4 is 17.8 Å². The lowest BCUT2D eigenvalue weighted by atomic mass is 10.6. The Kier molecular flexibility index (Phi) is 11.0. The van der Waals surface area contributed by atoms with Crippen LogP contribution in [0, 0.1) is 0 Å². The van der Waals surface area contributed by atoms with E-state index < -0.39 is 5.97 Å². The van der Waals surface area contributed by atoms with Gasteiger partial charge in [-0.2, -0.15) is 0 Å². The first-order valence-corrected chi connectivity index (χ1v) is 4.25. The molecule has 0 fully saturated rings. The van der Waals surface area contributed by atoms with Gasteiger partial charge in [-0.1, -0.05) is 0 Å². The minimum absolute atomic E-state index is 0.0200. The van der Waals surface area contributed by atoms with Crippen LogP contribution in [0.3, 0.4) is 0 Å². The Bertz CT molecular complexity index is 203. The van der Waals surface area contributed by atoms with Gasteiger partial charge < -0.3 is 20.9 Å². The quantitative estimate of drug-likeness (QED) is 0.507. The number of carboxylic acids is 1. The Morgan fingerprint density at radius 3 is 2.07 bits per heavy atom. The van der Waals surface area contributed by atoms with Crippen molar-refractivity contribution < 1.29 is 24.2 Å². The zero-order valence-electron chi connectivity index (χ0n) is 8.78. The van der Waals surface area contributed by atoms with Crippen LogP contribution in [0.15, 0.2) is 0 Å². The number of carbonyl (C=O) groups is 3. The molecule has 4 N–H and O–H groups in total. The van der Waals surface area contributed by atoms with Crippen molar-refractivity contribution in [2.24, 2.45) is 5.73 Å². The standard InChI is InChI=1S/C4H7NO3.C4H9NO2/c1-3(6)5-2-4(7)8;1-2-7-4(6)3-5/h2H2,1H3,(H,5,6)(H,7,8);2-3,5H2,1H3. The molecule has 0 spiro atoms. The second-order valence-electron chi connectivity index (χ2n) is 2.31. The van der Waals surface area contributed by atoms with E-state index in [0.29, 0.717) is 6.61 Å². The summed E-state index contributed by atoms with van der Waals surface area (Å²) in [4.78, 5) is 29.7. The van der Waals surface area contributed by atoms with Gasteiger partial charge in [0.25, 0.3) is 0 Å². The fraction of sp³-hybridized carbons (Fsp3) is 0.625. The van der Waals surface area contributed by atoms with E-state index in [0.717, 1.165) is 0 Å². The van der Waals surface area contributed by atoms with Gasteiger partial charge in [-0.15, -0.1) is 0 Å². The van der Waals surface area contributed by atoms with Crippen LogP contribution >= 0.6 is 0 Å². The lowest BCUT2D eigenvalue weighted by Crippen LogP contribution is -2.26. The lowest BCUT2D eigenvalue weighted by Gasteiger charge is -1.93. The molecule has 0 aliphatic carbocycles. The number of ether oxygens (including phenoxy) is 1. The van der Waals surface area contributed by atoms with Crippen LogP contribution in [0.25, 0.3) is 0 Å².